The standard InChI is InChI=1S/C11H18O2/c1-7-8(2)11(6)9(3,4)10(7,5)12-13-11/h1-6H3/t10-,11+. The van der Waals surface area contributed by atoms with E-state index in [2.05, 4.69) is 41.5 Å². The molecule has 2 bridgehead atoms. The zero-order valence-corrected chi connectivity index (χ0v) is 9.32. The summed E-state index contributed by atoms with van der Waals surface area (Å²) in [5.74, 6) is 0. The predicted molar refractivity (Wildman–Crippen MR) is 51.1 cm³/mol. The molecule has 2 heteroatoms. The van der Waals surface area contributed by atoms with Crippen LogP contribution in [0.15, 0.2) is 11.1 Å². The monoisotopic (exact) mass is 182 g/mol. The Balaban J connectivity index is 2.67. The Morgan fingerprint density at radius 2 is 1.08 bits per heavy atom. The Kier molecular flexibility index (Phi) is 1.43. The first-order valence-electron chi connectivity index (χ1n) is 4.82. The molecule has 2 nitrogen and oxygen atoms in total. The van der Waals surface area contributed by atoms with Crippen LogP contribution in [0.2, 0.25) is 0 Å². The normalized spacial score (nSPS) is 47.5. The Labute approximate surface area is 79.8 Å². The van der Waals surface area contributed by atoms with E-state index >= 15 is 0 Å². The van der Waals surface area contributed by atoms with E-state index in [0.717, 1.165) is 0 Å². The smallest absolute Gasteiger partial charge is 0.130 e. The van der Waals surface area contributed by atoms with E-state index in [0.29, 0.717) is 0 Å². The van der Waals surface area contributed by atoms with Crippen molar-refractivity contribution >= 4 is 0 Å². The maximum atomic E-state index is 5.48. The predicted octanol–water partition coefficient (Wildman–Crippen LogP) is 2.84. The Morgan fingerprint density at radius 1 is 0.769 bits per heavy atom. The highest BCUT2D eigenvalue weighted by Gasteiger charge is 2.69. The van der Waals surface area contributed by atoms with Crippen LogP contribution in [0.1, 0.15) is 41.5 Å². The van der Waals surface area contributed by atoms with Crippen molar-refractivity contribution in [3.05, 3.63) is 11.1 Å². The van der Waals surface area contributed by atoms with Crippen LogP contribution in [-0.4, -0.2) is 11.2 Å². The van der Waals surface area contributed by atoms with Crippen LogP contribution in [0.4, 0.5) is 0 Å². The molecular formula is C11H18O2. The number of fused-ring (bicyclic) bond motifs is 2. The van der Waals surface area contributed by atoms with Crippen molar-refractivity contribution in [1.82, 2.24) is 0 Å². The summed E-state index contributed by atoms with van der Waals surface area (Å²) < 4.78 is 0. The fourth-order valence-corrected chi connectivity index (χ4v) is 2.61. The van der Waals surface area contributed by atoms with Crippen LogP contribution in [0.25, 0.3) is 0 Å². The average Bonchev–Trinajstić information content (AvgIpc) is 2.28. The van der Waals surface area contributed by atoms with Gasteiger partial charge in [-0.1, -0.05) is 13.8 Å². The third kappa shape index (κ3) is 0.658. The lowest BCUT2D eigenvalue weighted by molar-refractivity contribution is -0.338. The number of hydrogen-bond donors (Lipinski definition) is 0. The van der Waals surface area contributed by atoms with Crippen molar-refractivity contribution in [2.75, 3.05) is 0 Å². The molecule has 1 aliphatic heterocycles. The van der Waals surface area contributed by atoms with Crippen LogP contribution < -0.4 is 0 Å². The van der Waals surface area contributed by atoms with E-state index in [4.69, 9.17) is 9.78 Å². The van der Waals surface area contributed by atoms with Gasteiger partial charge >= 0.3 is 0 Å². The van der Waals surface area contributed by atoms with Gasteiger partial charge in [-0.05, 0) is 38.8 Å². The van der Waals surface area contributed by atoms with Crippen molar-refractivity contribution in [2.24, 2.45) is 5.41 Å². The lowest BCUT2D eigenvalue weighted by Crippen LogP contribution is -2.44. The van der Waals surface area contributed by atoms with E-state index in [9.17, 15) is 0 Å². The minimum absolute atomic E-state index is 0.0220. The molecule has 1 heterocycles. The van der Waals surface area contributed by atoms with E-state index in [1.807, 2.05) is 0 Å². The average molecular weight is 182 g/mol. The van der Waals surface area contributed by atoms with E-state index in [-0.39, 0.29) is 16.6 Å². The summed E-state index contributed by atoms with van der Waals surface area (Å²) in [6.45, 7) is 12.9. The van der Waals surface area contributed by atoms with Crippen molar-refractivity contribution in [2.45, 2.75) is 52.7 Å². The van der Waals surface area contributed by atoms with Crippen molar-refractivity contribution in [3.63, 3.8) is 0 Å². The quantitative estimate of drug-likeness (QED) is 0.423. The summed E-state index contributed by atoms with van der Waals surface area (Å²) in [5, 5.41) is 0. The molecule has 0 aromatic carbocycles. The molecule has 0 radical (unpaired) electrons. The van der Waals surface area contributed by atoms with Gasteiger partial charge in [0.15, 0.2) is 0 Å². The second-order valence-electron chi connectivity index (χ2n) is 5.11. The van der Waals surface area contributed by atoms with Crippen molar-refractivity contribution < 1.29 is 9.78 Å². The summed E-state index contributed by atoms with van der Waals surface area (Å²) in [7, 11) is 0. The third-order valence-electron chi connectivity index (χ3n) is 4.75. The number of rotatable bonds is 0. The molecule has 0 unspecified atom stereocenters. The van der Waals surface area contributed by atoms with Crippen LogP contribution in [0.5, 0.6) is 0 Å². The van der Waals surface area contributed by atoms with Crippen molar-refractivity contribution in [3.8, 4) is 0 Å². The van der Waals surface area contributed by atoms with Crippen molar-refractivity contribution in [1.29, 1.82) is 0 Å². The van der Waals surface area contributed by atoms with Gasteiger partial charge in [0.2, 0.25) is 0 Å². The van der Waals surface area contributed by atoms with Gasteiger partial charge in [-0.25, -0.2) is 9.78 Å². The van der Waals surface area contributed by atoms with Gasteiger partial charge in [-0.15, -0.1) is 0 Å². The second kappa shape index (κ2) is 2.01. The Morgan fingerprint density at radius 3 is 1.23 bits per heavy atom. The summed E-state index contributed by atoms with van der Waals surface area (Å²) >= 11 is 0. The third-order valence-corrected chi connectivity index (χ3v) is 4.75. The molecule has 1 fully saturated rings. The highest BCUT2D eigenvalue weighted by molar-refractivity contribution is 5.42. The maximum absolute atomic E-state index is 5.48. The molecule has 0 saturated carbocycles. The minimum atomic E-state index is -0.244. The molecule has 1 aliphatic carbocycles. The lowest BCUT2D eigenvalue weighted by atomic mass is 9.69. The van der Waals surface area contributed by atoms with Gasteiger partial charge in [0.1, 0.15) is 11.2 Å². The zero-order chi connectivity index (χ0) is 10.1. The largest absolute Gasteiger partial charge is 0.224 e. The molecule has 0 aromatic rings. The molecule has 0 aromatic heterocycles. The highest BCUT2D eigenvalue weighted by Crippen LogP contribution is 2.63. The second-order valence-corrected chi connectivity index (χ2v) is 5.11. The maximum Gasteiger partial charge on any atom is 0.130 e. The van der Waals surface area contributed by atoms with Crippen LogP contribution >= 0.6 is 0 Å². The highest BCUT2D eigenvalue weighted by atomic mass is 17.2. The SMILES string of the molecule is CC1=C(C)[C@@]2(C)OO[C@]1(C)C2(C)C. The molecule has 0 N–H and O–H groups in total. The zero-order valence-electron chi connectivity index (χ0n) is 9.32. The van der Waals surface area contributed by atoms with E-state index in [1.165, 1.54) is 11.1 Å². The Bertz CT molecular complexity index is 275. The fourth-order valence-electron chi connectivity index (χ4n) is 2.61. The first-order valence-corrected chi connectivity index (χ1v) is 4.82. The summed E-state index contributed by atoms with van der Waals surface area (Å²) in [5.41, 5.74) is 2.18. The minimum Gasteiger partial charge on any atom is -0.224 e. The first kappa shape index (κ1) is 9.22. The lowest BCUT2D eigenvalue weighted by Gasteiger charge is -2.34. The topological polar surface area (TPSA) is 18.5 Å². The molecule has 2 aliphatic rings. The molecule has 2 rings (SSSR count). The summed E-state index contributed by atoms with van der Waals surface area (Å²) in [4.78, 5) is 11.0. The van der Waals surface area contributed by atoms with Gasteiger partial charge in [-0.3, -0.25) is 0 Å². The summed E-state index contributed by atoms with van der Waals surface area (Å²) in [6, 6.07) is 0. The van der Waals surface area contributed by atoms with E-state index < -0.39 is 0 Å². The number of hydrogen-bond acceptors (Lipinski definition) is 2. The van der Waals surface area contributed by atoms with Crippen LogP contribution in [0.3, 0.4) is 0 Å². The molecule has 1 saturated heterocycles. The molecule has 13 heavy (non-hydrogen) atoms. The summed E-state index contributed by atoms with van der Waals surface area (Å²) in [6.07, 6.45) is 0. The molecule has 0 amide bonds. The fraction of sp³-hybridized carbons (Fsp3) is 0.818. The van der Waals surface area contributed by atoms with E-state index in [1.54, 1.807) is 0 Å². The Hall–Kier alpha value is -0.340. The molecule has 2 atom stereocenters. The van der Waals surface area contributed by atoms with Gasteiger partial charge in [0.25, 0.3) is 0 Å². The van der Waals surface area contributed by atoms with Crippen LogP contribution in [0, 0.1) is 5.41 Å². The van der Waals surface area contributed by atoms with Gasteiger partial charge in [0, 0.05) is 5.41 Å². The first-order chi connectivity index (χ1) is 5.77. The van der Waals surface area contributed by atoms with Gasteiger partial charge < -0.3 is 0 Å². The van der Waals surface area contributed by atoms with Gasteiger partial charge in [0.05, 0.1) is 0 Å². The molecule has 74 valence electrons. The van der Waals surface area contributed by atoms with Gasteiger partial charge in [-0.2, -0.15) is 0 Å². The van der Waals surface area contributed by atoms with Crippen LogP contribution in [-0.2, 0) is 9.78 Å². The molecular weight excluding hydrogens is 164 g/mol. The molecule has 0 spiro atoms.